The van der Waals surface area contributed by atoms with Crippen LogP contribution in [0.1, 0.15) is 32.1 Å². The van der Waals surface area contributed by atoms with Gasteiger partial charge in [-0.1, -0.05) is 12.8 Å². The minimum Gasteiger partial charge on any atom is -0.497 e. The lowest BCUT2D eigenvalue weighted by Crippen LogP contribution is -2.12. The molecule has 1 amide bonds. The van der Waals surface area contributed by atoms with Crippen molar-refractivity contribution in [1.82, 2.24) is 0 Å². The molecular weight excluding hydrogens is 256 g/mol. The average Bonchev–Trinajstić information content (AvgIpc) is 2.47. The predicted molar refractivity (Wildman–Crippen MR) is 80.3 cm³/mol. The van der Waals surface area contributed by atoms with E-state index in [0.717, 1.165) is 32.2 Å². The summed E-state index contributed by atoms with van der Waals surface area (Å²) in [5.41, 5.74) is 6.09. The van der Waals surface area contributed by atoms with Gasteiger partial charge in [0.25, 0.3) is 0 Å². The number of rotatable bonds is 9. The Kier molecular flexibility index (Phi) is 7.50. The van der Waals surface area contributed by atoms with Crippen LogP contribution in [0.2, 0.25) is 0 Å². The molecule has 0 bridgehead atoms. The molecule has 0 heterocycles. The lowest BCUT2D eigenvalue weighted by Gasteiger charge is -2.11. The van der Waals surface area contributed by atoms with Crippen LogP contribution in [0.4, 0.5) is 5.69 Å². The van der Waals surface area contributed by atoms with Crippen molar-refractivity contribution in [3.05, 3.63) is 18.2 Å². The van der Waals surface area contributed by atoms with Crippen molar-refractivity contribution in [2.75, 3.05) is 26.1 Å². The first-order valence-electron chi connectivity index (χ1n) is 6.93. The molecule has 0 radical (unpaired) electrons. The van der Waals surface area contributed by atoms with E-state index < -0.39 is 0 Å². The number of methoxy groups -OCH3 is 2. The first-order chi connectivity index (χ1) is 9.71. The Balaban J connectivity index is 2.45. The standard InChI is InChI=1S/C15H24N2O3/c1-19-12-8-9-13(14(11-12)20-2)17-15(18)7-5-3-4-6-10-16/h8-9,11H,3-7,10,16H2,1-2H3,(H,17,18). The van der Waals surface area contributed by atoms with Crippen LogP contribution in [0.5, 0.6) is 11.5 Å². The lowest BCUT2D eigenvalue weighted by atomic mass is 10.1. The Hall–Kier alpha value is -1.75. The van der Waals surface area contributed by atoms with Gasteiger partial charge in [-0.15, -0.1) is 0 Å². The van der Waals surface area contributed by atoms with Crippen molar-refractivity contribution < 1.29 is 14.3 Å². The highest BCUT2D eigenvalue weighted by atomic mass is 16.5. The third-order valence-corrected chi connectivity index (χ3v) is 3.04. The van der Waals surface area contributed by atoms with E-state index in [1.54, 1.807) is 32.4 Å². The molecule has 3 N–H and O–H groups in total. The number of nitrogens with one attached hydrogen (secondary N) is 1. The summed E-state index contributed by atoms with van der Waals surface area (Å²) in [4.78, 5) is 11.8. The molecule has 0 aliphatic heterocycles. The molecule has 1 aromatic rings. The number of anilines is 1. The first-order valence-corrected chi connectivity index (χ1v) is 6.93. The number of nitrogens with two attached hydrogens (primary N) is 1. The van der Waals surface area contributed by atoms with Crippen LogP contribution in [0.25, 0.3) is 0 Å². The van der Waals surface area contributed by atoms with E-state index in [9.17, 15) is 4.79 Å². The van der Waals surface area contributed by atoms with Gasteiger partial charge in [0.1, 0.15) is 11.5 Å². The van der Waals surface area contributed by atoms with Crippen LogP contribution in [-0.2, 0) is 4.79 Å². The van der Waals surface area contributed by atoms with E-state index in [1.807, 2.05) is 0 Å². The molecule has 0 saturated carbocycles. The van der Waals surface area contributed by atoms with E-state index >= 15 is 0 Å². The molecule has 0 aromatic heterocycles. The molecular formula is C15H24N2O3. The van der Waals surface area contributed by atoms with Gasteiger partial charge >= 0.3 is 0 Å². The molecule has 0 fully saturated rings. The van der Waals surface area contributed by atoms with E-state index in [4.69, 9.17) is 15.2 Å². The molecule has 0 spiro atoms. The molecule has 5 nitrogen and oxygen atoms in total. The number of hydrogen-bond acceptors (Lipinski definition) is 4. The predicted octanol–water partition coefficient (Wildman–Crippen LogP) is 2.55. The summed E-state index contributed by atoms with van der Waals surface area (Å²) in [6.07, 6.45) is 4.53. The van der Waals surface area contributed by atoms with Crippen LogP contribution in [0, 0.1) is 0 Å². The zero-order valence-electron chi connectivity index (χ0n) is 12.3. The molecule has 0 aliphatic rings. The Labute approximate surface area is 120 Å². The molecule has 5 heteroatoms. The minimum absolute atomic E-state index is 0.00113. The third-order valence-electron chi connectivity index (χ3n) is 3.04. The molecule has 1 aromatic carbocycles. The average molecular weight is 280 g/mol. The summed E-state index contributed by atoms with van der Waals surface area (Å²) >= 11 is 0. The Morgan fingerprint density at radius 3 is 2.55 bits per heavy atom. The van der Waals surface area contributed by atoms with E-state index in [2.05, 4.69) is 5.32 Å². The maximum absolute atomic E-state index is 11.8. The Morgan fingerprint density at radius 2 is 1.90 bits per heavy atom. The molecule has 0 unspecified atom stereocenters. The normalized spacial score (nSPS) is 10.2. The summed E-state index contributed by atoms with van der Waals surface area (Å²) < 4.78 is 10.4. The number of amides is 1. The van der Waals surface area contributed by atoms with Gasteiger partial charge in [-0.05, 0) is 31.5 Å². The van der Waals surface area contributed by atoms with Crippen LogP contribution in [0.3, 0.4) is 0 Å². The summed E-state index contributed by atoms with van der Waals surface area (Å²) in [6, 6.07) is 5.32. The number of carbonyl (C=O) groups is 1. The highest BCUT2D eigenvalue weighted by molar-refractivity contribution is 5.92. The van der Waals surface area contributed by atoms with Crippen molar-refractivity contribution >= 4 is 11.6 Å². The lowest BCUT2D eigenvalue weighted by molar-refractivity contribution is -0.116. The van der Waals surface area contributed by atoms with Crippen molar-refractivity contribution in [2.24, 2.45) is 5.73 Å². The van der Waals surface area contributed by atoms with Crippen molar-refractivity contribution in [3.63, 3.8) is 0 Å². The molecule has 112 valence electrons. The minimum atomic E-state index is 0.00113. The van der Waals surface area contributed by atoms with Gasteiger partial charge in [-0.2, -0.15) is 0 Å². The highest BCUT2D eigenvalue weighted by Gasteiger charge is 2.08. The molecule has 1 rings (SSSR count). The molecule has 20 heavy (non-hydrogen) atoms. The fraction of sp³-hybridized carbons (Fsp3) is 0.533. The summed E-state index contributed by atoms with van der Waals surface area (Å²) in [7, 11) is 3.16. The summed E-state index contributed by atoms with van der Waals surface area (Å²) in [6.45, 7) is 0.718. The van der Waals surface area contributed by atoms with E-state index in [-0.39, 0.29) is 5.91 Å². The number of hydrogen-bond donors (Lipinski definition) is 2. The van der Waals surface area contributed by atoms with Gasteiger partial charge in [-0.25, -0.2) is 0 Å². The number of carbonyl (C=O) groups excluding carboxylic acids is 1. The van der Waals surface area contributed by atoms with Gasteiger partial charge < -0.3 is 20.5 Å². The molecule has 0 aliphatic carbocycles. The number of unbranched alkanes of at least 4 members (excludes halogenated alkanes) is 3. The van der Waals surface area contributed by atoms with E-state index in [0.29, 0.717) is 23.6 Å². The quantitative estimate of drug-likeness (QED) is 0.682. The van der Waals surface area contributed by atoms with E-state index in [1.165, 1.54) is 0 Å². The third kappa shape index (κ3) is 5.48. The highest BCUT2D eigenvalue weighted by Crippen LogP contribution is 2.29. The number of ether oxygens (including phenoxy) is 2. The van der Waals surface area contributed by atoms with Gasteiger partial charge in [0.15, 0.2) is 0 Å². The monoisotopic (exact) mass is 280 g/mol. The van der Waals surface area contributed by atoms with Gasteiger partial charge in [0.2, 0.25) is 5.91 Å². The SMILES string of the molecule is COc1ccc(NC(=O)CCCCCCN)c(OC)c1. The van der Waals surface area contributed by atoms with Crippen molar-refractivity contribution in [1.29, 1.82) is 0 Å². The second kappa shape index (κ2) is 9.20. The Bertz CT molecular complexity index is 422. The fourth-order valence-corrected chi connectivity index (χ4v) is 1.90. The first kappa shape index (κ1) is 16.3. The van der Waals surface area contributed by atoms with Gasteiger partial charge in [0, 0.05) is 12.5 Å². The number of benzene rings is 1. The maximum Gasteiger partial charge on any atom is 0.224 e. The zero-order valence-corrected chi connectivity index (χ0v) is 12.3. The Morgan fingerprint density at radius 1 is 1.15 bits per heavy atom. The smallest absolute Gasteiger partial charge is 0.224 e. The fourth-order valence-electron chi connectivity index (χ4n) is 1.90. The largest absolute Gasteiger partial charge is 0.497 e. The van der Waals surface area contributed by atoms with Gasteiger partial charge in [0.05, 0.1) is 19.9 Å². The van der Waals surface area contributed by atoms with Crippen LogP contribution in [0.15, 0.2) is 18.2 Å². The van der Waals surface area contributed by atoms with Crippen molar-refractivity contribution in [2.45, 2.75) is 32.1 Å². The van der Waals surface area contributed by atoms with Crippen LogP contribution >= 0.6 is 0 Å². The van der Waals surface area contributed by atoms with Crippen molar-refractivity contribution in [3.8, 4) is 11.5 Å². The van der Waals surface area contributed by atoms with Crippen LogP contribution in [-0.4, -0.2) is 26.7 Å². The molecule has 0 saturated heterocycles. The second-order valence-corrected chi connectivity index (χ2v) is 4.57. The topological polar surface area (TPSA) is 73.6 Å². The summed E-state index contributed by atoms with van der Waals surface area (Å²) in [5, 5.41) is 2.86. The zero-order chi connectivity index (χ0) is 14.8. The van der Waals surface area contributed by atoms with Gasteiger partial charge in [-0.3, -0.25) is 4.79 Å². The molecule has 0 atom stereocenters. The maximum atomic E-state index is 11.8. The second-order valence-electron chi connectivity index (χ2n) is 4.57. The van der Waals surface area contributed by atoms with Crippen LogP contribution < -0.4 is 20.5 Å². The summed E-state index contributed by atoms with van der Waals surface area (Å²) in [5.74, 6) is 1.30.